The number of rotatable bonds is 1. The summed E-state index contributed by atoms with van der Waals surface area (Å²) in [5.41, 5.74) is 3.19. The summed E-state index contributed by atoms with van der Waals surface area (Å²) in [5, 5.41) is 0.375. The lowest BCUT2D eigenvalue weighted by molar-refractivity contribution is 0.0692. The zero-order valence-electron chi connectivity index (χ0n) is 14.4. The van der Waals surface area contributed by atoms with Crippen molar-refractivity contribution < 1.29 is 13.2 Å². The highest BCUT2D eigenvalue weighted by Crippen LogP contribution is 2.24. The van der Waals surface area contributed by atoms with E-state index in [9.17, 15) is 13.2 Å². The molecule has 0 radical (unpaired) electrons. The van der Waals surface area contributed by atoms with Gasteiger partial charge in [0.1, 0.15) is 0 Å². The van der Waals surface area contributed by atoms with Crippen molar-refractivity contribution in [2.24, 2.45) is 0 Å². The van der Waals surface area contributed by atoms with Crippen LogP contribution in [0.2, 0.25) is 0 Å². The summed E-state index contributed by atoms with van der Waals surface area (Å²) in [4.78, 5) is 19.2. The van der Waals surface area contributed by atoms with Gasteiger partial charge in [-0.05, 0) is 45.9 Å². The Balaban J connectivity index is 2.01. The third-order valence-corrected chi connectivity index (χ3v) is 7.28. The molecule has 0 spiro atoms. The number of hydrogen-bond donors (Lipinski definition) is 0. The fraction of sp³-hybridized carbons (Fsp3) is 0.444. The van der Waals surface area contributed by atoms with Crippen LogP contribution >= 0.6 is 0 Å². The van der Waals surface area contributed by atoms with Crippen molar-refractivity contribution in [2.45, 2.75) is 39.0 Å². The van der Waals surface area contributed by atoms with Crippen molar-refractivity contribution >= 4 is 26.6 Å². The monoisotopic (exact) mass is 346 g/mol. The molecule has 24 heavy (non-hydrogen) atoms. The van der Waals surface area contributed by atoms with Gasteiger partial charge >= 0.3 is 0 Å². The zero-order chi connectivity index (χ0) is 17.6. The maximum atomic E-state index is 13.0. The Labute approximate surface area is 142 Å². The number of fused-ring (bicyclic) bond motifs is 1. The third kappa shape index (κ3) is 2.79. The SMILES string of the molecule is Cc1ccc2nc(C)c(C(=O)N3CCS(=O)(=O)C(C)C3C)cc2c1. The van der Waals surface area contributed by atoms with Crippen LogP contribution in [-0.2, 0) is 9.84 Å². The molecule has 0 aliphatic carbocycles. The van der Waals surface area contributed by atoms with Crippen LogP contribution in [0.15, 0.2) is 24.3 Å². The third-order valence-electron chi connectivity index (χ3n) is 5.01. The molecular weight excluding hydrogens is 324 g/mol. The van der Waals surface area contributed by atoms with Gasteiger partial charge in [-0.1, -0.05) is 11.6 Å². The molecule has 2 heterocycles. The summed E-state index contributed by atoms with van der Waals surface area (Å²) in [5.74, 6) is -0.124. The number of amides is 1. The summed E-state index contributed by atoms with van der Waals surface area (Å²) >= 11 is 0. The Morgan fingerprint density at radius 1 is 1.21 bits per heavy atom. The molecule has 2 aromatic rings. The van der Waals surface area contributed by atoms with Gasteiger partial charge in [0.2, 0.25) is 0 Å². The van der Waals surface area contributed by atoms with Gasteiger partial charge < -0.3 is 4.90 Å². The molecule has 1 amide bonds. The molecule has 0 saturated carbocycles. The van der Waals surface area contributed by atoms with E-state index < -0.39 is 15.1 Å². The maximum absolute atomic E-state index is 13.0. The van der Waals surface area contributed by atoms with Crippen molar-refractivity contribution in [1.82, 2.24) is 9.88 Å². The van der Waals surface area contributed by atoms with Gasteiger partial charge in [0.15, 0.2) is 9.84 Å². The van der Waals surface area contributed by atoms with Crippen LogP contribution in [0.1, 0.15) is 35.5 Å². The Morgan fingerprint density at radius 3 is 2.62 bits per heavy atom. The van der Waals surface area contributed by atoms with Crippen molar-refractivity contribution in [3.05, 3.63) is 41.1 Å². The molecule has 1 aliphatic rings. The first-order valence-corrected chi connectivity index (χ1v) is 9.83. The number of hydrogen-bond acceptors (Lipinski definition) is 4. The van der Waals surface area contributed by atoms with Crippen LogP contribution in [0.4, 0.5) is 0 Å². The van der Waals surface area contributed by atoms with E-state index in [1.54, 1.807) is 18.7 Å². The van der Waals surface area contributed by atoms with E-state index >= 15 is 0 Å². The highest BCUT2D eigenvalue weighted by molar-refractivity contribution is 7.92. The van der Waals surface area contributed by atoms with Crippen LogP contribution in [-0.4, -0.2) is 47.8 Å². The van der Waals surface area contributed by atoms with Gasteiger partial charge in [0.05, 0.1) is 27.8 Å². The van der Waals surface area contributed by atoms with Crippen LogP contribution in [0.5, 0.6) is 0 Å². The Morgan fingerprint density at radius 2 is 1.92 bits per heavy atom. The van der Waals surface area contributed by atoms with Gasteiger partial charge in [-0.2, -0.15) is 0 Å². The van der Waals surface area contributed by atoms with Crippen molar-refractivity contribution in [1.29, 1.82) is 0 Å². The van der Waals surface area contributed by atoms with Crippen LogP contribution in [0, 0.1) is 13.8 Å². The van der Waals surface area contributed by atoms with Crippen molar-refractivity contribution in [3.8, 4) is 0 Å². The summed E-state index contributed by atoms with van der Waals surface area (Å²) in [6.07, 6.45) is 0. The number of pyridine rings is 1. The number of aryl methyl sites for hydroxylation is 2. The van der Waals surface area contributed by atoms with E-state index in [1.165, 1.54) is 0 Å². The second kappa shape index (κ2) is 5.84. The van der Waals surface area contributed by atoms with E-state index in [4.69, 9.17) is 0 Å². The molecule has 0 bridgehead atoms. The Bertz CT molecular complexity index is 921. The standard InChI is InChI=1S/C18H22N2O3S/c1-11-5-6-17-15(9-11)10-16(12(2)19-17)18(21)20-7-8-24(22,23)14(4)13(20)3/h5-6,9-10,13-14H,7-8H2,1-4H3. The van der Waals surface area contributed by atoms with Crippen LogP contribution < -0.4 is 0 Å². The molecular formula is C18H22N2O3S. The first kappa shape index (κ1) is 16.9. The molecule has 128 valence electrons. The molecule has 2 atom stereocenters. The Kier molecular flexibility index (Phi) is 4.11. The van der Waals surface area contributed by atoms with Crippen LogP contribution in [0.25, 0.3) is 10.9 Å². The second-order valence-electron chi connectivity index (χ2n) is 6.63. The fourth-order valence-electron chi connectivity index (χ4n) is 3.22. The van der Waals surface area contributed by atoms with E-state index in [1.807, 2.05) is 38.1 Å². The number of benzene rings is 1. The molecule has 0 N–H and O–H groups in total. The number of aromatic nitrogens is 1. The van der Waals surface area contributed by atoms with E-state index in [2.05, 4.69) is 4.98 Å². The van der Waals surface area contributed by atoms with Crippen LogP contribution in [0.3, 0.4) is 0 Å². The summed E-state index contributed by atoms with van der Waals surface area (Å²) < 4.78 is 24.1. The van der Waals surface area contributed by atoms with E-state index in [0.29, 0.717) is 11.3 Å². The normalized spacial score (nSPS) is 23.4. The molecule has 5 nitrogen and oxygen atoms in total. The number of carbonyl (C=O) groups is 1. The topological polar surface area (TPSA) is 67.3 Å². The first-order chi connectivity index (χ1) is 11.2. The zero-order valence-corrected chi connectivity index (χ0v) is 15.2. The lowest BCUT2D eigenvalue weighted by Crippen LogP contribution is -2.54. The van der Waals surface area contributed by atoms with E-state index in [-0.39, 0.29) is 24.2 Å². The number of carbonyl (C=O) groups excluding carboxylic acids is 1. The molecule has 1 aromatic carbocycles. The predicted molar refractivity (Wildman–Crippen MR) is 95.0 cm³/mol. The minimum atomic E-state index is -3.12. The quantitative estimate of drug-likeness (QED) is 0.796. The highest BCUT2D eigenvalue weighted by atomic mass is 32.2. The van der Waals surface area contributed by atoms with Gasteiger partial charge in [0, 0.05) is 18.0 Å². The first-order valence-electron chi connectivity index (χ1n) is 8.11. The van der Waals surface area contributed by atoms with Crippen molar-refractivity contribution in [2.75, 3.05) is 12.3 Å². The lowest BCUT2D eigenvalue weighted by Gasteiger charge is -2.37. The predicted octanol–water partition coefficient (Wildman–Crippen LogP) is 2.50. The number of nitrogens with zero attached hydrogens (tertiary/aromatic N) is 2. The van der Waals surface area contributed by atoms with Gasteiger partial charge in [-0.3, -0.25) is 9.78 Å². The average Bonchev–Trinajstić information content (AvgIpc) is 2.52. The maximum Gasteiger partial charge on any atom is 0.256 e. The van der Waals surface area contributed by atoms with Crippen molar-refractivity contribution in [3.63, 3.8) is 0 Å². The largest absolute Gasteiger partial charge is 0.334 e. The van der Waals surface area contributed by atoms with E-state index in [0.717, 1.165) is 16.5 Å². The molecule has 1 saturated heterocycles. The molecule has 1 fully saturated rings. The minimum absolute atomic E-state index is 0.0173. The summed E-state index contributed by atoms with van der Waals surface area (Å²) in [6.45, 7) is 7.53. The van der Waals surface area contributed by atoms with Gasteiger partial charge in [-0.15, -0.1) is 0 Å². The smallest absolute Gasteiger partial charge is 0.256 e. The van der Waals surface area contributed by atoms with Gasteiger partial charge in [0.25, 0.3) is 5.91 Å². The molecule has 1 aliphatic heterocycles. The van der Waals surface area contributed by atoms with Gasteiger partial charge in [-0.25, -0.2) is 8.42 Å². The highest BCUT2D eigenvalue weighted by Gasteiger charge is 2.38. The Hall–Kier alpha value is -1.95. The molecule has 2 unspecified atom stereocenters. The molecule has 6 heteroatoms. The molecule has 3 rings (SSSR count). The number of sulfone groups is 1. The fourth-order valence-corrected chi connectivity index (χ4v) is 4.79. The minimum Gasteiger partial charge on any atom is -0.334 e. The summed E-state index contributed by atoms with van der Waals surface area (Å²) in [7, 11) is -3.12. The second-order valence-corrected chi connectivity index (χ2v) is 9.11. The lowest BCUT2D eigenvalue weighted by atomic mass is 10.1. The molecule has 1 aromatic heterocycles. The summed E-state index contributed by atoms with van der Waals surface area (Å²) in [6, 6.07) is 7.47. The average molecular weight is 346 g/mol.